The minimum absolute atomic E-state index is 0.0987. The van der Waals surface area contributed by atoms with Crippen LogP contribution >= 0.6 is 0 Å². The van der Waals surface area contributed by atoms with Crippen LogP contribution in [0.25, 0.3) is 0 Å². The Labute approximate surface area is 104 Å². The lowest BCUT2D eigenvalue weighted by Crippen LogP contribution is -2.03. The van der Waals surface area contributed by atoms with E-state index in [-0.39, 0.29) is 12.0 Å². The average molecular weight is 252 g/mol. The van der Waals surface area contributed by atoms with Gasteiger partial charge in [0.2, 0.25) is 0 Å². The van der Waals surface area contributed by atoms with Crippen LogP contribution in [0.2, 0.25) is 0 Å². The second-order valence-corrected chi connectivity index (χ2v) is 4.09. The number of aliphatic hydroxyl groups excluding tert-OH is 1. The number of hydrogen-bond acceptors (Lipinski definition) is 2. The van der Waals surface area contributed by atoms with Crippen molar-refractivity contribution in [3.05, 3.63) is 53.4 Å². The first-order chi connectivity index (χ1) is 8.60. The molecular weight excluding hydrogens is 238 g/mol. The molecule has 5 heteroatoms. The van der Waals surface area contributed by atoms with Gasteiger partial charge in [0.05, 0.1) is 12.3 Å². The smallest absolute Gasteiger partial charge is 0.129 e. The molecule has 0 aliphatic carbocycles. The summed E-state index contributed by atoms with van der Waals surface area (Å²) in [6.07, 6.45) is 2.52. The SMILES string of the molecule is CCn1cc(C(O)Cc2ccc(F)cc2F)cn1. The van der Waals surface area contributed by atoms with Crippen LogP contribution in [0.4, 0.5) is 8.78 Å². The molecule has 0 amide bonds. The number of rotatable bonds is 4. The van der Waals surface area contributed by atoms with Crippen LogP contribution in [-0.4, -0.2) is 14.9 Å². The number of aromatic nitrogens is 2. The highest BCUT2D eigenvalue weighted by Crippen LogP contribution is 2.20. The average Bonchev–Trinajstić information content (AvgIpc) is 2.81. The third-order valence-corrected chi connectivity index (χ3v) is 2.79. The summed E-state index contributed by atoms with van der Waals surface area (Å²) in [4.78, 5) is 0. The van der Waals surface area contributed by atoms with Crippen molar-refractivity contribution in [1.29, 1.82) is 0 Å². The van der Waals surface area contributed by atoms with E-state index in [1.807, 2.05) is 6.92 Å². The molecular formula is C13H14F2N2O. The highest BCUT2D eigenvalue weighted by molar-refractivity contribution is 5.21. The van der Waals surface area contributed by atoms with E-state index >= 15 is 0 Å². The maximum Gasteiger partial charge on any atom is 0.129 e. The van der Waals surface area contributed by atoms with Crippen molar-refractivity contribution >= 4 is 0 Å². The molecule has 0 aliphatic heterocycles. The second-order valence-electron chi connectivity index (χ2n) is 4.09. The molecule has 1 aromatic heterocycles. The molecule has 0 fully saturated rings. The fourth-order valence-electron chi connectivity index (χ4n) is 1.74. The van der Waals surface area contributed by atoms with Crippen LogP contribution in [0.5, 0.6) is 0 Å². The highest BCUT2D eigenvalue weighted by Gasteiger charge is 2.13. The van der Waals surface area contributed by atoms with E-state index in [2.05, 4.69) is 5.10 Å². The fourth-order valence-corrected chi connectivity index (χ4v) is 1.74. The summed E-state index contributed by atoms with van der Waals surface area (Å²) in [5.74, 6) is -1.26. The van der Waals surface area contributed by atoms with Crippen molar-refractivity contribution in [1.82, 2.24) is 9.78 Å². The van der Waals surface area contributed by atoms with Crippen molar-refractivity contribution in [3.8, 4) is 0 Å². The highest BCUT2D eigenvalue weighted by atomic mass is 19.1. The molecule has 0 spiro atoms. The van der Waals surface area contributed by atoms with E-state index in [1.54, 1.807) is 17.1 Å². The van der Waals surface area contributed by atoms with Crippen LogP contribution in [0.1, 0.15) is 24.2 Å². The van der Waals surface area contributed by atoms with Crippen molar-refractivity contribution < 1.29 is 13.9 Å². The van der Waals surface area contributed by atoms with Gasteiger partial charge in [0.1, 0.15) is 11.6 Å². The van der Waals surface area contributed by atoms with Gasteiger partial charge in [0, 0.05) is 30.8 Å². The molecule has 18 heavy (non-hydrogen) atoms. The number of halogens is 2. The zero-order chi connectivity index (χ0) is 13.1. The standard InChI is InChI=1S/C13H14F2N2O/c1-2-17-8-10(7-16-17)13(18)5-9-3-4-11(14)6-12(9)15/h3-4,6-8,13,18H,2,5H2,1H3. The lowest BCUT2D eigenvalue weighted by atomic mass is 10.0. The number of aryl methyl sites for hydroxylation is 1. The van der Waals surface area contributed by atoms with Gasteiger partial charge in [-0.3, -0.25) is 4.68 Å². The first kappa shape index (κ1) is 12.7. The lowest BCUT2D eigenvalue weighted by molar-refractivity contribution is 0.177. The Morgan fingerprint density at radius 1 is 1.39 bits per heavy atom. The lowest BCUT2D eigenvalue weighted by Gasteiger charge is -2.09. The van der Waals surface area contributed by atoms with Crippen molar-refractivity contribution in [3.63, 3.8) is 0 Å². The molecule has 2 aromatic rings. The first-order valence-electron chi connectivity index (χ1n) is 5.74. The first-order valence-corrected chi connectivity index (χ1v) is 5.74. The molecule has 1 aromatic carbocycles. The molecule has 1 atom stereocenters. The Kier molecular flexibility index (Phi) is 3.72. The molecule has 96 valence electrons. The van der Waals surface area contributed by atoms with E-state index < -0.39 is 17.7 Å². The number of benzene rings is 1. The predicted octanol–water partition coefficient (Wildman–Crippen LogP) is 2.46. The van der Waals surface area contributed by atoms with Gasteiger partial charge >= 0.3 is 0 Å². The Bertz CT molecular complexity index is 540. The van der Waals surface area contributed by atoms with Crippen molar-refractivity contribution in [2.75, 3.05) is 0 Å². The minimum Gasteiger partial charge on any atom is -0.388 e. The van der Waals surface area contributed by atoms with Crippen LogP contribution in [-0.2, 0) is 13.0 Å². The monoisotopic (exact) mass is 252 g/mol. The molecule has 0 saturated carbocycles. The molecule has 0 aliphatic rings. The maximum atomic E-state index is 13.4. The number of nitrogens with zero attached hydrogens (tertiary/aromatic N) is 2. The van der Waals surface area contributed by atoms with Crippen LogP contribution in [0, 0.1) is 11.6 Å². The Balaban J connectivity index is 2.13. The molecule has 0 saturated heterocycles. The quantitative estimate of drug-likeness (QED) is 0.907. The van der Waals surface area contributed by atoms with Gasteiger partial charge in [-0.25, -0.2) is 8.78 Å². The number of hydrogen-bond donors (Lipinski definition) is 1. The largest absolute Gasteiger partial charge is 0.388 e. The van der Waals surface area contributed by atoms with Gasteiger partial charge in [-0.2, -0.15) is 5.10 Å². The molecule has 1 unspecified atom stereocenters. The van der Waals surface area contributed by atoms with E-state index in [1.165, 1.54) is 12.1 Å². The normalized spacial score (nSPS) is 12.7. The van der Waals surface area contributed by atoms with Gasteiger partial charge < -0.3 is 5.11 Å². The van der Waals surface area contributed by atoms with Gasteiger partial charge in [-0.05, 0) is 18.6 Å². The van der Waals surface area contributed by atoms with Gasteiger partial charge in [0.15, 0.2) is 0 Å². The van der Waals surface area contributed by atoms with Crippen LogP contribution < -0.4 is 0 Å². The summed E-state index contributed by atoms with van der Waals surface area (Å²) in [5, 5.41) is 14.0. The van der Waals surface area contributed by atoms with E-state index in [4.69, 9.17) is 0 Å². The van der Waals surface area contributed by atoms with E-state index in [9.17, 15) is 13.9 Å². The zero-order valence-corrected chi connectivity index (χ0v) is 9.98. The van der Waals surface area contributed by atoms with Crippen molar-refractivity contribution in [2.45, 2.75) is 26.0 Å². The molecule has 1 heterocycles. The van der Waals surface area contributed by atoms with Crippen molar-refractivity contribution in [2.24, 2.45) is 0 Å². The third-order valence-electron chi connectivity index (χ3n) is 2.79. The molecule has 1 N–H and O–H groups in total. The maximum absolute atomic E-state index is 13.4. The summed E-state index contributed by atoms with van der Waals surface area (Å²) >= 11 is 0. The van der Waals surface area contributed by atoms with Crippen LogP contribution in [0.3, 0.4) is 0 Å². The van der Waals surface area contributed by atoms with E-state index in [0.29, 0.717) is 12.1 Å². The molecule has 0 radical (unpaired) electrons. The zero-order valence-electron chi connectivity index (χ0n) is 9.98. The minimum atomic E-state index is -0.842. The Morgan fingerprint density at radius 3 is 2.78 bits per heavy atom. The summed E-state index contributed by atoms with van der Waals surface area (Å²) in [6, 6.07) is 3.34. The summed E-state index contributed by atoms with van der Waals surface area (Å²) in [7, 11) is 0. The van der Waals surface area contributed by atoms with Crippen LogP contribution in [0.15, 0.2) is 30.6 Å². The molecule has 0 bridgehead atoms. The second kappa shape index (κ2) is 5.27. The summed E-state index contributed by atoms with van der Waals surface area (Å²) < 4.78 is 27.8. The number of aliphatic hydroxyl groups is 1. The predicted molar refractivity (Wildman–Crippen MR) is 62.9 cm³/mol. The topological polar surface area (TPSA) is 38.0 Å². The summed E-state index contributed by atoms with van der Waals surface area (Å²) in [6.45, 7) is 2.64. The van der Waals surface area contributed by atoms with Gasteiger partial charge in [-0.1, -0.05) is 6.07 Å². The van der Waals surface area contributed by atoms with Gasteiger partial charge in [0.25, 0.3) is 0 Å². The van der Waals surface area contributed by atoms with E-state index in [0.717, 1.165) is 6.07 Å². The molecule has 2 rings (SSSR count). The summed E-state index contributed by atoms with van der Waals surface area (Å²) in [5.41, 5.74) is 0.911. The Morgan fingerprint density at radius 2 is 2.17 bits per heavy atom. The fraction of sp³-hybridized carbons (Fsp3) is 0.308. The Hall–Kier alpha value is -1.75. The third kappa shape index (κ3) is 2.73. The molecule has 3 nitrogen and oxygen atoms in total. The van der Waals surface area contributed by atoms with Gasteiger partial charge in [-0.15, -0.1) is 0 Å².